The number of benzene rings is 1. The van der Waals surface area contributed by atoms with Crippen molar-refractivity contribution in [2.45, 2.75) is 37.0 Å². The van der Waals surface area contributed by atoms with E-state index in [2.05, 4.69) is 0 Å². The average Bonchev–Trinajstić information content (AvgIpc) is 2.41. The Morgan fingerprint density at radius 2 is 2.10 bits per heavy atom. The van der Waals surface area contributed by atoms with E-state index in [1.807, 2.05) is 0 Å². The number of halogens is 1. The first kappa shape index (κ1) is 15.8. The minimum absolute atomic E-state index is 0.123. The van der Waals surface area contributed by atoms with Gasteiger partial charge >= 0.3 is 5.97 Å². The van der Waals surface area contributed by atoms with Crippen molar-refractivity contribution in [3.63, 3.8) is 0 Å². The molecule has 1 saturated carbocycles. The highest BCUT2D eigenvalue weighted by Gasteiger charge is 2.31. The van der Waals surface area contributed by atoms with Gasteiger partial charge in [-0.15, -0.1) is 0 Å². The SMILES string of the molecule is CS(=O)(=O)C1CCCC(OC(=O)c2ccc(F)c(N)c2)C1. The number of carbonyl (C=O) groups excluding carboxylic acids is 1. The van der Waals surface area contributed by atoms with Crippen LogP contribution in [0.4, 0.5) is 10.1 Å². The predicted molar refractivity (Wildman–Crippen MR) is 77.1 cm³/mol. The van der Waals surface area contributed by atoms with E-state index in [1.165, 1.54) is 18.4 Å². The van der Waals surface area contributed by atoms with Crippen molar-refractivity contribution in [2.24, 2.45) is 0 Å². The van der Waals surface area contributed by atoms with Crippen LogP contribution in [0.5, 0.6) is 0 Å². The Morgan fingerprint density at radius 1 is 1.38 bits per heavy atom. The van der Waals surface area contributed by atoms with Crippen molar-refractivity contribution >= 4 is 21.5 Å². The summed E-state index contributed by atoms with van der Waals surface area (Å²) in [5.41, 5.74) is 5.45. The lowest BCUT2D eigenvalue weighted by molar-refractivity contribution is 0.0215. The third-order valence-corrected chi connectivity index (χ3v) is 5.33. The number of rotatable bonds is 3. The molecule has 1 fully saturated rings. The molecular weight excluding hydrogens is 297 g/mol. The van der Waals surface area contributed by atoms with Crippen molar-refractivity contribution in [1.82, 2.24) is 0 Å². The molecule has 5 nitrogen and oxygen atoms in total. The molecule has 0 saturated heterocycles. The van der Waals surface area contributed by atoms with Crippen LogP contribution in [0.3, 0.4) is 0 Å². The third-order valence-electron chi connectivity index (χ3n) is 3.69. The summed E-state index contributed by atoms with van der Waals surface area (Å²) in [5.74, 6) is -1.21. The van der Waals surface area contributed by atoms with Crippen LogP contribution in [0, 0.1) is 5.82 Å². The minimum atomic E-state index is -3.13. The number of hydrogen-bond donors (Lipinski definition) is 1. The van der Waals surface area contributed by atoms with Crippen molar-refractivity contribution in [3.8, 4) is 0 Å². The zero-order chi connectivity index (χ0) is 15.6. The Bertz CT molecular complexity index is 644. The molecule has 0 heterocycles. The van der Waals surface area contributed by atoms with Gasteiger partial charge in [0.25, 0.3) is 0 Å². The van der Waals surface area contributed by atoms with E-state index in [0.29, 0.717) is 25.7 Å². The van der Waals surface area contributed by atoms with E-state index in [-0.39, 0.29) is 11.3 Å². The fourth-order valence-corrected chi connectivity index (χ4v) is 3.65. The molecule has 7 heteroatoms. The molecule has 116 valence electrons. The zero-order valence-electron chi connectivity index (χ0n) is 11.7. The zero-order valence-corrected chi connectivity index (χ0v) is 12.5. The first-order valence-electron chi connectivity index (χ1n) is 6.72. The molecule has 2 atom stereocenters. The molecule has 1 aromatic rings. The number of esters is 1. The Balaban J connectivity index is 2.03. The van der Waals surface area contributed by atoms with E-state index in [1.54, 1.807) is 0 Å². The first-order valence-corrected chi connectivity index (χ1v) is 8.67. The molecule has 2 unspecified atom stereocenters. The maximum absolute atomic E-state index is 13.1. The van der Waals surface area contributed by atoms with Gasteiger partial charge in [0.1, 0.15) is 21.8 Å². The van der Waals surface area contributed by atoms with Crippen molar-refractivity contribution in [1.29, 1.82) is 0 Å². The second-order valence-electron chi connectivity index (χ2n) is 5.38. The molecule has 0 aromatic heterocycles. The summed E-state index contributed by atoms with van der Waals surface area (Å²) in [6, 6.07) is 3.62. The van der Waals surface area contributed by atoms with Crippen LogP contribution in [0.25, 0.3) is 0 Å². The van der Waals surface area contributed by atoms with Gasteiger partial charge in [0.15, 0.2) is 0 Å². The number of carbonyl (C=O) groups is 1. The lowest BCUT2D eigenvalue weighted by atomic mass is 9.97. The second-order valence-corrected chi connectivity index (χ2v) is 7.71. The van der Waals surface area contributed by atoms with Crippen LogP contribution in [0.15, 0.2) is 18.2 Å². The smallest absolute Gasteiger partial charge is 0.338 e. The Morgan fingerprint density at radius 3 is 2.71 bits per heavy atom. The maximum Gasteiger partial charge on any atom is 0.338 e. The summed E-state index contributed by atoms with van der Waals surface area (Å²) in [5, 5.41) is -0.470. The van der Waals surface area contributed by atoms with Gasteiger partial charge in [0.2, 0.25) is 0 Å². The van der Waals surface area contributed by atoms with Crippen LogP contribution in [0.2, 0.25) is 0 Å². The van der Waals surface area contributed by atoms with Crippen molar-refractivity contribution in [2.75, 3.05) is 12.0 Å². The number of anilines is 1. The predicted octanol–water partition coefficient (Wildman–Crippen LogP) is 1.92. The fraction of sp³-hybridized carbons (Fsp3) is 0.500. The Kier molecular flexibility index (Phi) is 4.51. The van der Waals surface area contributed by atoms with E-state index in [0.717, 1.165) is 6.07 Å². The molecule has 1 aliphatic carbocycles. The van der Waals surface area contributed by atoms with Gasteiger partial charge in [-0.1, -0.05) is 0 Å². The molecule has 0 radical (unpaired) electrons. The molecule has 0 amide bonds. The summed E-state index contributed by atoms with van der Waals surface area (Å²) in [7, 11) is -3.13. The van der Waals surface area contributed by atoms with E-state index >= 15 is 0 Å². The summed E-state index contributed by atoms with van der Waals surface area (Å²) in [4.78, 5) is 12.0. The largest absolute Gasteiger partial charge is 0.459 e. The normalized spacial score (nSPS) is 22.8. The monoisotopic (exact) mass is 315 g/mol. The third kappa shape index (κ3) is 3.93. The molecule has 21 heavy (non-hydrogen) atoms. The van der Waals surface area contributed by atoms with E-state index in [4.69, 9.17) is 10.5 Å². The lowest BCUT2D eigenvalue weighted by Crippen LogP contribution is -2.32. The number of hydrogen-bond acceptors (Lipinski definition) is 5. The Hall–Kier alpha value is -1.63. The minimum Gasteiger partial charge on any atom is -0.459 e. The second kappa shape index (κ2) is 6.01. The highest BCUT2D eigenvalue weighted by Crippen LogP contribution is 2.26. The molecule has 2 rings (SSSR count). The van der Waals surface area contributed by atoms with Gasteiger partial charge in [-0.25, -0.2) is 17.6 Å². The summed E-state index contributed by atoms with van der Waals surface area (Å²) < 4.78 is 41.5. The number of nitrogens with two attached hydrogens (primary N) is 1. The van der Waals surface area contributed by atoms with Gasteiger partial charge in [-0.05, 0) is 37.5 Å². The lowest BCUT2D eigenvalue weighted by Gasteiger charge is -2.27. The van der Waals surface area contributed by atoms with Crippen LogP contribution in [0.1, 0.15) is 36.0 Å². The summed E-state index contributed by atoms with van der Waals surface area (Å²) in [6.45, 7) is 0. The highest BCUT2D eigenvalue weighted by molar-refractivity contribution is 7.91. The summed E-state index contributed by atoms with van der Waals surface area (Å²) in [6.07, 6.45) is 2.99. The highest BCUT2D eigenvalue weighted by atomic mass is 32.2. The van der Waals surface area contributed by atoms with Crippen molar-refractivity contribution < 1.29 is 22.3 Å². The quantitative estimate of drug-likeness (QED) is 0.680. The van der Waals surface area contributed by atoms with Gasteiger partial charge in [-0.3, -0.25) is 0 Å². The Labute approximate surface area is 123 Å². The molecule has 0 bridgehead atoms. The average molecular weight is 315 g/mol. The fourth-order valence-electron chi connectivity index (χ4n) is 2.49. The van der Waals surface area contributed by atoms with Gasteiger partial charge in [-0.2, -0.15) is 0 Å². The van der Waals surface area contributed by atoms with Crippen molar-refractivity contribution in [3.05, 3.63) is 29.6 Å². The summed E-state index contributed by atoms with van der Waals surface area (Å²) >= 11 is 0. The molecule has 0 spiro atoms. The van der Waals surface area contributed by atoms with Crippen LogP contribution in [-0.2, 0) is 14.6 Å². The first-order chi connectivity index (χ1) is 9.77. The molecule has 1 aliphatic rings. The molecule has 0 aliphatic heterocycles. The molecule has 2 N–H and O–H groups in total. The van der Waals surface area contributed by atoms with Gasteiger partial charge < -0.3 is 10.5 Å². The van der Waals surface area contributed by atoms with Gasteiger partial charge in [0.05, 0.1) is 16.5 Å². The van der Waals surface area contributed by atoms with E-state index in [9.17, 15) is 17.6 Å². The maximum atomic E-state index is 13.1. The van der Waals surface area contributed by atoms with Crippen LogP contribution in [-0.4, -0.2) is 32.0 Å². The van der Waals surface area contributed by atoms with Crippen LogP contribution >= 0.6 is 0 Å². The topological polar surface area (TPSA) is 86.5 Å². The van der Waals surface area contributed by atoms with E-state index < -0.39 is 33.0 Å². The number of nitrogen functional groups attached to an aromatic ring is 1. The number of ether oxygens (including phenoxy) is 1. The standard InChI is InChI=1S/C14H18FNO4S/c1-21(18,19)11-4-2-3-10(8-11)20-14(17)9-5-6-12(15)13(16)7-9/h5-7,10-11H,2-4,8,16H2,1H3. The van der Waals surface area contributed by atoms with Crippen LogP contribution < -0.4 is 5.73 Å². The molecule has 1 aromatic carbocycles. The number of sulfone groups is 1. The van der Waals surface area contributed by atoms with Gasteiger partial charge in [0, 0.05) is 12.7 Å². The molecular formula is C14H18FNO4S.